The second-order valence-electron chi connectivity index (χ2n) is 7.63. The summed E-state index contributed by atoms with van der Waals surface area (Å²) in [6.45, 7) is 7.77. The van der Waals surface area contributed by atoms with Crippen LogP contribution in [0.3, 0.4) is 0 Å². The topological polar surface area (TPSA) is 64.4 Å². The number of para-hydroxylation sites is 1. The lowest BCUT2D eigenvalue weighted by Gasteiger charge is -2.31. The minimum Gasteiger partial charge on any atom is -0.375 e. The SMILES string of the molecule is Cc1ccc(-n2c(SCC(=O)N3CCOC(C)C3)nc3ccccc3c2=O)cc1C. The number of benzene rings is 2. The standard InChI is InChI=1S/C23H25N3O3S/c1-15-8-9-18(12-16(15)2)26-22(28)19-6-4-5-7-20(19)24-23(26)30-14-21(27)25-10-11-29-17(3)13-25/h4-9,12,17H,10-11,13-14H2,1-3H3. The molecule has 2 heterocycles. The van der Waals surface area contributed by atoms with E-state index >= 15 is 0 Å². The molecule has 1 unspecified atom stereocenters. The van der Waals surface area contributed by atoms with Crippen molar-refractivity contribution < 1.29 is 9.53 Å². The summed E-state index contributed by atoms with van der Waals surface area (Å²) in [5.41, 5.74) is 3.53. The lowest BCUT2D eigenvalue weighted by molar-refractivity contribution is -0.135. The molecule has 1 atom stereocenters. The Balaban J connectivity index is 1.71. The third-order valence-electron chi connectivity index (χ3n) is 5.41. The van der Waals surface area contributed by atoms with Gasteiger partial charge in [-0.3, -0.25) is 14.2 Å². The molecule has 6 nitrogen and oxygen atoms in total. The van der Waals surface area contributed by atoms with E-state index in [0.29, 0.717) is 35.8 Å². The molecule has 30 heavy (non-hydrogen) atoms. The van der Waals surface area contributed by atoms with E-state index in [1.807, 2.05) is 62.1 Å². The number of fused-ring (bicyclic) bond motifs is 1. The van der Waals surface area contributed by atoms with Crippen molar-refractivity contribution in [2.75, 3.05) is 25.4 Å². The number of amides is 1. The van der Waals surface area contributed by atoms with Crippen molar-refractivity contribution in [3.63, 3.8) is 0 Å². The number of carbonyl (C=O) groups excluding carboxylic acids is 1. The van der Waals surface area contributed by atoms with Crippen molar-refractivity contribution in [1.82, 2.24) is 14.5 Å². The molecule has 0 aliphatic carbocycles. The Morgan fingerprint density at radius 1 is 1.20 bits per heavy atom. The highest BCUT2D eigenvalue weighted by Crippen LogP contribution is 2.23. The highest BCUT2D eigenvalue weighted by Gasteiger charge is 2.22. The van der Waals surface area contributed by atoms with Crippen LogP contribution >= 0.6 is 11.8 Å². The molecule has 1 aromatic heterocycles. The molecule has 1 amide bonds. The molecule has 0 bridgehead atoms. The third-order valence-corrected chi connectivity index (χ3v) is 6.34. The maximum absolute atomic E-state index is 13.3. The van der Waals surface area contributed by atoms with Crippen LogP contribution in [0.25, 0.3) is 16.6 Å². The van der Waals surface area contributed by atoms with Crippen molar-refractivity contribution in [2.45, 2.75) is 32.0 Å². The normalized spacial score (nSPS) is 16.8. The van der Waals surface area contributed by atoms with E-state index < -0.39 is 0 Å². The van der Waals surface area contributed by atoms with Crippen molar-refractivity contribution in [3.05, 3.63) is 63.9 Å². The summed E-state index contributed by atoms with van der Waals surface area (Å²) in [4.78, 5) is 32.6. The summed E-state index contributed by atoms with van der Waals surface area (Å²) in [6, 6.07) is 13.2. The molecule has 3 aromatic rings. The number of morpholine rings is 1. The molecule has 1 aliphatic heterocycles. The van der Waals surface area contributed by atoms with Gasteiger partial charge in [-0.05, 0) is 56.2 Å². The largest absolute Gasteiger partial charge is 0.375 e. The average molecular weight is 424 g/mol. The van der Waals surface area contributed by atoms with Crippen LogP contribution in [0.4, 0.5) is 0 Å². The predicted molar refractivity (Wildman–Crippen MR) is 120 cm³/mol. The number of carbonyl (C=O) groups is 1. The molecule has 2 aromatic carbocycles. The number of aryl methyl sites for hydroxylation is 2. The lowest BCUT2D eigenvalue weighted by atomic mass is 10.1. The maximum atomic E-state index is 13.3. The number of thioether (sulfide) groups is 1. The fourth-order valence-electron chi connectivity index (χ4n) is 3.56. The van der Waals surface area contributed by atoms with Crippen molar-refractivity contribution >= 4 is 28.6 Å². The molecule has 0 N–H and O–H groups in total. The highest BCUT2D eigenvalue weighted by molar-refractivity contribution is 7.99. The van der Waals surface area contributed by atoms with Crippen LogP contribution in [0, 0.1) is 13.8 Å². The fourth-order valence-corrected chi connectivity index (χ4v) is 4.48. The summed E-state index contributed by atoms with van der Waals surface area (Å²) in [7, 11) is 0. The molecule has 1 fully saturated rings. The van der Waals surface area contributed by atoms with Crippen LogP contribution in [0.15, 0.2) is 52.4 Å². The predicted octanol–water partition coefficient (Wildman–Crippen LogP) is 3.34. The Hall–Kier alpha value is -2.64. The van der Waals surface area contributed by atoms with E-state index in [-0.39, 0.29) is 23.3 Å². The number of aromatic nitrogens is 2. The molecule has 1 saturated heterocycles. The van der Waals surface area contributed by atoms with Gasteiger partial charge in [-0.1, -0.05) is 30.0 Å². The minimum absolute atomic E-state index is 0.0317. The van der Waals surface area contributed by atoms with Gasteiger partial charge in [0.1, 0.15) is 0 Å². The van der Waals surface area contributed by atoms with E-state index in [9.17, 15) is 9.59 Å². The zero-order valence-electron chi connectivity index (χ0n) is 17.4. The molecule has 156 valence electrons. The van der Waals surface area contributed by atoms with Gasteiger partial charge in [-0.2, -0.15) is 0 Å². The second-order valence-corrected chi connectivity index (χ2v) is 8.57. The van der Waals surface area contributed by atoms with Gasteiger partial charge in [-0.15, -0.1) is 0 Å². The average Bonchev–Trinajstić information content (AvgIpc) is 2.74. The second kappa shape index (κ2) is 8.62. The molecular formula is C23H25N3O3S. The van der Waals surface area contributed by atoms with Crippen LogP contribution in [0.5, 0.6) is 0 Å². The summed E-state index contributed by atoms with van der Waals surface area (Å²) in [6.07, 6.45) is 0.0419. The van der Waals surface area contributed by atoms with Crippen molar-refractivity contribution in [3.8, 4) is 5.69 Å². The van der Waals surface area contributed by atoms with Gasteiger partial charge in [0, 0.05) is 13.1 Å². The molecular weight excluding hydrogens is 398 g/mol. The first kappa shape index (κ1) is 20.6. The van der Waals surface area contributed by atoms with Gasteiger partial charge in [-0.25, -0.2) is 4.98 Å². The highest BCUT2D eigenvalue weighted by atomic mass is 32.2. The van der Waals surface area contributed by atoms with Crippen LogP contribution in [-0.2, 0) is 9.53 Å². The van der Waals surface area contributed by atoms with Gasteiger partial charge in [0.15, 0.2) is 5.16 Å². The molecule has 0 spiro atoms. The Morgan fingerprint density at radius 2 is 2.00 bits per heavy atom. The Kier molecular flexibility index (Phi) is 5.92. The van der Waals surface area contributed by atoms with Crippen LogP contribution in [0.2, 0.25) is 0 Å². The summed E-state index contributed by atoms with van der Waals surface area (Å²) in [5.74, 6) is 0.256. The van der Waals surface area contributed by atoms with Gasteiger partial charge in [0.2, 0.25) is 5.91 Å². The van der Waals surface area contributed by atoms with Crippen LogP contribution < -0.4 is 5.56 Å². The zero-order chi connectivity index (χ0) is 21.3. The lowest BCUT2D eigenvalue weighted by Crippen LogP contribution is -2.45. The van der Waals surface area contributed by atoms with E-state index in [0.717, 1.165) is 16.8 Å². The number of nitrogens with zero attached hydrogens (tertiary/aromatic N) is 3. The molecule has 4 rings (SSSR count). The van der Waals surface area contributed by atoms with Gasteiger partial charge < -0.3 is 9.64 Å². The molecule has 0 saturated carbocycles. The van der Waals surface area contributed by atoms with Gasteiger partial charge >= 0.3 is 0 Å². The Labute approximate surface area is 179 Å². The monoisotopic (exact) mass is 423 g/mol. The number of rotatable bonds is 4. The Morgan fingerprint density at radius 3 is 2.77 bits per heavy atom. The van der Waals surface area contributed by atoms with Crippen molar-refractivity contribution in [2.24, 2.45) is 0 Å². The third kappa shape index (κ3) is 4.13. The summed E-state index contributed by atoms with van der Waals surface area (Å²) < 4.78 is 7.14. The first-order chi connectivity index (χ1) is 14.4. The number of hydrogen-bond acceptors (Lipinski definition) is 5. The first-order valence-corrected chi connectivity index (χ1v) is 11.0. The maximum Gasteiger partial charge on any atom is 0.266 e. The minimum atomic E-state index is -0.126. The summed E-state index contributed by atoms with van der Waals surface area (Å²) in [5, 5.41) is 1.09. The quantitative estimate of drug-likeness (QED) is 0.476. The summed E-state index contributed by atoms with van der Waals surface area (Å²) >= 11 is 1.30. The molecule has 7 heteroatoms. The smallest absolute Gasteiger partial charge is 0.266 e. The number of ether oxygens (including phenoxy) is 1. The zero-order valence-corrected chi connectivity index (χ0v) is 18.2. The molecule has 1 aliphatic rings. The van der Waals surface area contributed by atoms with E-state index in [1.165, 1.54) is 11.8 Å². The van der Waals surface area contributed by atoms with Crippen molar-refractivity contribution in [1.29, 1.82) is 0 Å². The van der Waals surface area contributed by atoms with Crippen LogP contribution in [-0.4, -0.2) is 51.9 Å². The van der Waals surface area contributed by atoms with E-state index in [4.69, 9.17) is 9.72 Å². The fraction of sp³-hybridized carbons (Fsp3) is 0.348. The van der Waals surface area contributed by atoms with E-state index in [1.54, 1.807) is 10.6 Å². The first-order valence-electron chi connectivity index (χ1n) is 10.1. The van der Waals surface area contributed by atoms with E-state index in [2.05, 4.69) is 0 Å². The number of hydrogen-bond donors (Lipinski definition) is 0. The molecule has 0 radical (unpaired) electrons. The van der Waals surface area contributed by atoms with Crippen LogP contribution in [0.1, 0.15) is 18.1 Å². The Bertz CT molecular complexity index is 1160. The van der Waals surface area contributed by atoms with Gasteiger partial charge in [0.25, 0.3) is 5.56 Å². The van der Waals surface area contributed by atoms with Gasteiger partial charge in [0.05, 0.1) is 35.1 Å².